The first-order valence-electron chi connectivity index (χ1n) is 7.27. The van der Waals surface area contributed by atoms with Crippen molar-refractivity contribution >= 4 is 17.8 Å². The second-order valence-electron chi connectivity index (χ2n) is 5.75. The number of rotatable bonds is 8. The number of nitrogens with one attached hydrogen (secondary N) is 2. The Balaban J connectivity index is 2.16. The zero-order valence-corrected chi connectivity index (χ0v) is 12.6. The molecule has 1 heterocycles. The molecule has 1 rings (SSSR count). The number of carbonyl (C=O) groups is 3. The van der Waals surface area contributed by atoms with Crippen molar-refractivity contribution < 1.29 is 14.4 Å². The molecular formula is C14H25N3O3. The minimum absolute atomic E-state index is 0.0201. The summed E-state index contributed by atoms with van der Waals surface area (Å²) >= 11 is 0. The quantitative estimate of drug-likeness (QED) is 0.658. The fraction of sp³-hybridized carbons (Fsp3) is 0.786. The second kappa shape index (κ2) is 7.87. The van der Waals surface area contributed by atoms with Gasteiger partial charge in [-0.15, -0.1) is 0 Å². The number of hydrogen-bond acceptors (Lipinski definition) is 3. The molecule has 20 heavy (non-hydrogen) atoms. The average molecular weight is 283 g/mol. The fourth-order valence-corrected chi connectivity index (χ4v) is 2.08. The number of imide groups is 1. The number of urea groups is 1. The lowest BCUT2D eigenvalue weighted by atomic mass is 10.0. The van der Waals surface area contributed by atoms with Crippen molar-refractivity contribution in [3.8, 4) is 0 Å². The molecule has 1 aliphatic rings. The van der Waals surface area contributed by atoms with E-state index in [0.29, 0.717) is 25.3 Å². The Morgan fingerprint density at radius 3 is 2.55 bits per heavy atom. The highest BCUT2D eigenvalue weighted by Gasteiger charge is 2.27. The lowest BCUT2D eigenvalue weighted by Gasteiger charge is -2.16. The van der Waals surface area contributed by atoms with Gasteiger partial charge in [0.25, 0.3) is 0 Å². The lowest BCUT2D eigenvalue weighted by molar-refractivity contribution is -0.126. The topological polar surface area (TPSA) is 78.5 Å². The fourth-order valence-electron chi connectivity index (χ4n) is 2.08. The van der Waals surface area contributed by atoms with Crippen LogP contribution in [0.1, 0.15) is 46.5 Å². The van der Waals surface area contributed by atoms with E-state index in [1.54, 1.807) is 0 Å². The van der Waals surface area contributed by atoms with Gasteiger partial charge in [0.05, 0.1) is 6.54 Å². The van der Waals surface area contributed by atoms with Crippen LogP contribution >= 0.6 is 0 Å². The smallest absolute Gasteiger partial charge is 0.324 e. The maximum atomic E-state index is 11.7. The van der Waals surface area contributed by atoms with E-state index in [9.17, 15) is 14.4 Å². The van der Waals surface area contributed by atoms with Gasteiger partial charge in [0.15, 0.2) is 0 Å². The summed E-state index contributed by atoms with van der Waals surface area (Å²) in [7, 11) is 0. The third-order valence-electron chi connectivity index (χ3n) is 3.31. The third-order valence-corrected chi connectivity index (χ3v) is 3.31. The van der Waals surface area contributed by atoms with Crippen molar-refractivity contribution in [2.75, 3.05) is 13.1 Å². The van der Waals surface area contributed by atoms with Gasteiger partial charge >= 0.3 is 6.03 Å². The molecule has 0 bridgehead atoms. The van der Waals surface area contributed by atoms with Crippen LogP contribution in [0, 0.1) is 5.92 Å². The van der Waals surface area contributed by atoms with Gasteiger partial charge in [-0.05, 0) is 32.1 Å². The van der Waals surface area contributed by atoms with Crippen molar-refractivity contribution in [1.82, 2.24) is 15.5 Å². The highest BCUT2D eigenvalue weighted by atomic mass is 16.2. The van der Waals surface area contributed by atoms with Crippen molar-refractivity contribution in [2.45, 2.75) is 52.5 Å². The molecule has 2 N–H and O–H groups in total. The molecule has 0 aliphatic carbocycles. The van der Waals surface area contributed by atoms with Crippen LogP contribution in [0.3, 0.4) is 0 Å². The van der Waals surface area contributed by atoms with Crippen LogP contribution < -0.4 is 10.6 Å². The first-order valence-corrected chi connectivity index (χ1v) is 7.27. The molecule has 1 saturated heterocycles. The summed E-state index contributed by atoms with van der Waals surface area (Å²) in [4.78, 5) is 35.5. The van der Waals surface area contributed by atoms with Crippen LogP contribution in [0.5, 0.6) is 0 Å². The Morgan fingerprint density at radius 1 is 1.30 bits per heavy atom. The van der Waals surface area contributed by atoms with Crippen LogP contribution in [0.4, 0.5) is 4.79 Å². The maximum absolute atomic E-state index is 11.7. The predicted octanol–water partition coefficient (Wildman–Crippen LogP) is 1.26. The van der Waals surface area contributed by atoms with Gasteiger partial charge in [-0.3, -0.25) is 14.5 Å². The molecule has 0 saturated carbocycles. The van der Waals surface area contributed by atoms with Gasteiger partial charge in [0.2, 0.25) is 11.8 Å². The third kappa shape index (κ3) is 5.59. The van der Waals surface area contributed by atoms with E-state index in [1.807, 2.05) is 6.92 Å². The van der Waals surface area contributed by atoms with Crippen LogP contribution in [0.25, 0.3) is 0 Å². The predicted molar refractivity (Wildman–Crippen MR) is 76.0 cm³/mol. The summed E-state index contributed by atoms with van der Waals surface area (Å²) in [6.45, 7) is 6.69. The highest BCUT2D eigenvalue weighted by molar-refractivity contribution is 6.01. The normalized spacial score (nSPS) is 16.5. The molecule has 0 radical (unpaired) electrons. The van der Waals surface area contributed by atoms with E-state index < -0.39 is 0 Å². The molecule has 6 nitrogen and oxygen atoms in total. The van der Waals surface area contributed by atoms with E-state index in [2.05, 4.69) is 24.5 Å². The molecule has 4 amide bonds. The van der Waals surface area contributed by atoms with Crippen molar-refractivity contribution in [1.29, 1.82) is 0 Å². The van der Waals surface area contributed by atoms with E-state index in [-0.39, 0.29) is 30.4 Å². The first-order chi connectivity index (χ1) is 9.40. The lowest BCUT2D eigenvalue weighted by Crippen LogP contribution is -2.35. The summed E-state index contributed by atoms with van der Waals surface area (Å²) in [5.74, 6) is 0.392. The summed E-state index contributed by atoms with van der Waals surface area (Å²) in [6.07, 6.45) is 2.89. The van der Waals surface area contributed by atoms with Gasteiger partial charge in [0, 0.05) is 19.0 Å². The Bertz CT molecular complexity index is 353. The Kier molecular flexibility index (Phi) is 6.48. The summed E-state index contributed by atoms with van der Waals surface area (Å²) in [5.41, 5.74) is 0. The van der Waals surface area contributed by atoms with Crippen molar-refractivity contribution in [2.24, 2.45) is 5.92 Å². The van der Waals surface area contributed by atoms with Gasteiger partial charge in [0.1, 0.15) is 0 Å². The molecule has 0 aromatic heterocycles. The van der Waals surface area contributed by atoms with E-state index in [1.165, 1.54) is 0 Å². The standard InChI is InChI=1S/C14H25N3O3/c1-10(2)6-7-11(3)16-12(18)5-4-8-17-13(19)9-15-14(17)20/h10-11H,4-9H2,1-3H3,(H,15,20)(H,16,18). The molecule has 1 fully saturated rings. The van der Waals surface area contributed by atoms with Gasteiger partial charge in [-0.2, -0.15) is 0 Å². The molecule has 114 valence electrons. The number of amides is 4. The van der Waals surface area contributed by atoms with Crippen LogP contribution in [-0.4, -0.2) is 41.9 Å². The van der Waals surface area contributed by atoms with Crippen molar-refractivity contribution in [3.63, 3.8) is 0 Å². The SMILES string of the molecule is CC(C)CCC(C)NC(=O)CCCN1C(=O)CNC1=O. The summed E-state index contributed by atoms with van der Waals surface area (Å²) in [5, 5.41) is 5.39. The molecule has 0 spiro atoms. The zero-order valence-electron chi connectivity index (χ0n) is 12.6. The van der Waals surface area contributed by atoms with E-state index in [4.69, 9.17) is 0 Å². The van der Waals surface area contributed by atoms with Crippen molar-refractivity contribution in [3.05, 3.63) is 0 Å². The minimum Gasteiger partial charge on any atom is -0.354 e. The Hall–Kier alpha value is -1.59. The zero-order chi connectivity index (χ0) is 15.1. The minimum atomic E-state index is -0.360. The average Bonchev–Trinajstić information content (AvgIpc) is 2.68. The van der Waals surface area contributed by atoms with E-state index >= 15 is 0 Å². The molecule has 1 atom stereocenters. The number of hydrogen-bond donors (Lipinski definition) is 2. The van der Waals surface area contributed by atoms with Crippen LogP contribution in [0.2, 0.25) is 0 Å². The largest absolute Gasteiger partial charge is 0.354 e. The van der Waals surface area contributed by atoms with Crippen LogP contribution in [-0.2, 0) is 9.59 Å². The maximum Gasteiger partial charge on any atom is 0.324 e. The van der Waals surface area contributed by atoms with Gasteiger partial charge in [-0.25, -0.2) is 4.79 Å². The first kappa shape index (κ1) is 16.5. The van der Waals surface area contributed by atoms with Crippen LogP contribution in [0.15, 0.2) is 0 Å². The molecule has 0 aromatic carbocycles. The van der Waals surface area contributed by atoms with Gasteiger partial charge < -0.3 is 10.6 Å². The Labute approximate surface area is 120 Å². The molecule has 1 unspecified atom stereocenters. The monoisotopic (exact) mass is 283 g/mol. The van der Waals surface area contributed by atoms with E-state index in [0.717, 1.165) is 17.7 Å². The summed E-state index contributed by atoms with van der Waals surface area (Å²) < 4.78 is 0. The second-order valence-corrected chi connectivity index (χ2v) is 5.75. The molecule has 0 aromatic rings. The number of carbonyl (C=O) groups excluding carboxylic acids is 3. The highest BCUT2D eigenvalue weighted by Crippen LogP contribution is 2.07. The summed E-state index contributed by atoms with van der Waals surface area (Å²) in [6, 6.07) is -0.192. The molecular weight excluding hydrogens is 258 g/mol. The van der Waals surface area contributed by atoms with Gasteiger partial charge in [-0.1, -0.05) is 13.8 Å². The molecule has 1 aliphatic heterocycles. The Morgan fingerprint density at radius 2 is 2.00 bits per heavy atom. The number of nitrogens with zero attached hydrogens (tertiary/aromatic N) is 1. The molecule has 6 heteroatoms.